The second-order valence-electron chi connectivity index (χ2n) is 6.10. The van der Waals surface area contributed by atoms with Crippen LogP contribution in [0.15, 0.2) is 36.9 Å². The summed E-state index contributed by atoms with van der Waals surface area (Å²) in [6, 6.07) is 3.54. The van der Waals surface area contributed by atoms with E-state index in [1.54, 1.807) is 38.5 Å². The molecule has 0 saturated carbocycles. The highest BCUT2D eigenvalue weighted by Gasteiger charge is 2.16. The fourth-order valence-electron chi connectivity index (χ4n) is 2.80. The summed E-state index contributed by atoms with van der Waals surface area (Å²) >= 11 is 0. The molecule has 4 heterocycles. The molecule has 0 atom stereocenters. The first-order valence-electron chi connectivity index (χ1n) is 8.12. The van der Waals surface area contributed by atoms with E-state index in [1.807, 2.05) is 33.3 Å². The van der Waals surface area contributed by atoms with Crippen LogP contribution in [0.25, 0.3) is 16.9 Å². The van der Waals surface area contributed by atoms with Gasteiger partial charge in [-0.15, -0.1) is 0 Å². The van der Waals surface area contributed by atoms with E-state index >= 15 is 0 Å². The fraction of sp³-hybridized carbons (Fsp3) is 0.235. The zero-order chi connectivity index (χ0) is 18.3. The van der Waals surface area contributed by atoms with Crippen LogP contribution in [0.5, 0.6) is 0 Å². The monoisotopic (exact) mass is 350 g/mol. The van der Waals surface area contributed by atoms with E-state index in [0.29, 0.717) is 17.9 Å². The lowest BCUT2D eigenvalue weighted by Gasteiger charge is -2.03. The summed E-state index contributed by atoms with van der Waals surface area (Å²) < 4.78 is 5.16. The van der Waals surface area contributed by atoms with Gasteiger partial charge in [0.1, 0.15) is 0 Å². The molecule has 4 rings (SSSR count). The van der Waals surface area contributed by atoms with Crippen molar-refractivity contribution in [3.8, 4) is 11.3 Å². The Balaban J connectivity index is 1.64. The number of hydrogen-bond donors (Lipinski definition) is 1. The molecular formula is C17H18N8O. The molecule has 0 fully saturated rings. The van der Waals surface area contributed by atoms with Gasteiger partial charge < -0.3 is 5.32 Å². The van der Waals surface area contributed by atoms with Crippen LogP contribution in [0.4, 0.5) is 0 Å². The molecule has 0 aliphatic rings. The predicted molar refractivity (Wildman–Crippen MR) is 94.3 cm³/mol. The predicted octanol–water partition coefficient (Wildman–Crippen LogP) is 1.10. The molecule has 0 aliphatic heterocycles. The number of amides is 1. The van der Waals surface area contributed by atoms with Crippen molar-refractivity contribution in [1.82, 2.24) is 39.5 Å². The van der Waals surface area contributed by atoms with Crippen LogP contribution in [-0.2, 0) is 20.6 Å². The van der Waals surface area contributed by atoms with Gasteiger partial charge in [-0.2, -0.15) is 15.3 Å². The SMILES string of the molecule is Cc1c(-c2ccnc3cc(C(=O)NCc4cnn(C)c4)nn23)cnn1C. The highest BCUT2D eigenvalue weighted by molar-refractivity contribution is 5.93. The lowest BCUT2D eigenvalue weighted by Crippen LogP contribution is -2.23. The van der Waals surface area contributed by atoms with Crippen molar-refractivity contribution in [1.29, 1.82) is 0 Å². The summed E-state index contributed by atoms with van der Waals surface area (Å²) in [7, 11) is 3.72. The van der Waals surface area contributed by atoms with Gasteiger partial charge in [0.25, 0.3) is 5.91 Å². The molecule has 4 aromatic rings. The first-order chi connectivity index (χ1) is 12.5. The summed E-state index contributed by atoms with van der Waals surface area (Å²) in [5.74, 6) is -0.256. The van der Waals surface area contributed by atoms with Crippen molar-refractivity contribution < 1.29 is 4.79 Å². The standard InChI is InChI=1S/C17H18N8O/c1-11-13(9-21-24(11)3)15-4-5-18-16-6-14(22-25(15)16)17(26)19-7-12-8-20-23(2)10-12/h4-6,8-10H,7H2,1-3H3,(H,19,26). The third-order valence-electron chi connectivity index (χ3n) is 4.31. The number of hydrogen-bond acceptors (Lipinski definition) is 5. The number of fused-ring (bicyclic) bond motifs is 1. The third kappa shape index (κ3) is 2.73. The highest BCUT2D eigenvalue weighted by atomic mass is 16.1. The minimum Gasteiger partial charge on any atom is -0.346 e. The largest absolute Gasteiger partial charge is 0.346 e. The van der Waals surface area contributed by atoms with E-state index in [9.17, 15) is 4.79 Å². The topological polar surface area (TPSA) is 94.9 Å². The molecule has 9 nitrogen and oxygen atoms in total. The van der Waals surface area contributed by atoms with Gasteiger partial charge in [0.15, 0.2) is 11.3 Å². The smallest absolute Gasteiger partial charge is 0.272 e. The normalized spacial score (nSPS) is 11.2. The van der Waals surface area contributed by atoms with Gasteiger partial charge in [-0.05, 0) is 13.0 Å². The summed E-state index contributed by atoms with van der Waals surface area (Å²) in [5, 5.41) is 15.7. The Bertz CT molecular complexity index is 1100. The summed E-state index contributed by atoms with van der Waals surface area (Å²) in [5.41, 5.74) is 4.65. The van der Waals surface area contributed by atoms with E-state index in [4.69, 9.17) is 0 Å². The van der Waals surface area contributed by atoms with E-state index in [2.05, 4.69) is 25.6 Å². The average molecular weight is 350 g/mol. The Morgan fingerprint density at radius 2 is 2.08 bits per heavy atom. The van der Waals surface area contributed by atoms with Crippen molar-refractivity contribution in [3.63, 3.8) is 0 Å². The molecule has 0 spiro atoms. The third-order valence-corrected chi connectivity index (χ3v) is 4.31. The highest BCUT2D eigenvalue weighted by Crippen LogP contribution is 2.23. The molecular weight excluding hydrogens is 332 g/mol. The quantitative estimate of drug-likeness (QED) is 0.595. The first kappa shape index (κ1) is 16.0. The van der Waals surface area contributed by atoms with Crippen molar-refractivity contribution in [3.05, 3.63) is 53.9 Å². The van der Waals surface area contributed by atoms with E-state index in [0.717, 1.165) is 22.5 Å². The molecule has 0 saturated heterocycles. The molecule has 4 aromatic heterocycles. The van der Waals surface area contributed by atoms with E-state index < -0.39 is 0 Å². The molecule has 9 heteroatoms. The molecule has 1 N–H and O–H groups in total. The van der Waals surface area contributed by atoms with Crippen LogP contribution in [0.3, 0.4) is 0 Å². The molecule has 0 radical (unpaired) electrons. The van der Waals surface area contributed by atoms with Gasteiger partial charge in [0.05, 0.1) is 18.1 Å². The van der Waals surface area contributed by atoms with Crippen LogP contribution < -0.4 is 5.32 Å². The van der Waals surface area contributed by atoms with Gasteiger partial charge in [-0.1, -0.05) is 0 Å². The Kier molecular flexibility index (Phi) is 3.76. The number of carbonyl (C=O) groups excluding carboxylic acids is 1. The second kappa shape index (κ2) is 6.10. The molecule has 0 aliphatic carbocycles. The van der Waals surface area contributed by atoms with Crippen molar-refractivity contribution in [2.24, 2.45) is 14.1 Å². The maximum atomic E-state index is 12.5. The lowest BCUT2D eigenvalue weighted by atomic mass is 10.2. The average Bonchev–Trinajstić information content (AvgIpc) is 3.32. The van der Waals surface area contributed by atoms with Gasteiger partial charge >= 0.3 is 0 Å². The molecule has 0 unspecified atom stereocenters. The van der Waals surface area contributed by atoms with Crippen LogP contribution in [0, 0.1) is 6.92 Å². The zero-order valence-electron chi connectivity index (χ0n) is 14.7. The number of rotatable bonds is 4. The molecule has 26 heavy (non-hydrogen) atoms. The zero-order valence-corrected chi connectivity index (χ0v) is 14.7. The molecule has 1 amide bonds. The number of carbonyl (C=O) groups is 1. The molecule has 132 valence electrons. The number of aromatic nitrogens is 7. The van der Waals surface area contributed by atoms with Crippen molar-refractivity contribution >= 4 is 11.6 Å². The maximum absolute atomic E-state index is 12.5. The van der Waals surface area contributed by atoms with Gasteiger partial charge in [0.2, 0.25) is 0 Å². The summed E-state index contributed by atoms with van der Waals surface area (Å²) in [6.07, 6.45) is 7.06. The van der Waals surface area contributed by atoms with Crippen LogP contribution in [0.2, 0.25) is 0 Å². The van der Waals surface area contributed by atoms with Gasteiger partial charge in [-0.25, -0.2) is 9.50 Å². The van der Waals surface area contributed by atoms with E-state index in [-0.39, 0.29) is 5.91 Å². The van der Waals surface area contributed by atoms with E-state index in [1.165, 1.54) is 0 Å². The second-order valence-corrected chi connectivity index (χ2v) is 6.10. The Labute approximate surface area is 149 Å². The minimum absolute atomic E-state index is 0.256. The molecule has 0 bridgehead atoms. The summed E-state index contributed by atoms with van der Waals surface area (Å²) in [6.45, 7) is 2.38. The van der Waals surface area contributed by atoms with Gasteiger partial charge in [0, 0.05) is 55.9 Å². The Hall–Kier alpha value is -3.49. The molecule has 0 aromatic carbocycles. The lowest BCUT2D eigenvalue weighted by molar-refractivity contribution is 0.0945. The fourth-order valence-corrected chi connectivity index (χ4v) is 2.80. The summed E-state index contributed by atoms with van der Waals surface area (Å²) in [4.78, 5) is 16.8. The first-order valence-corrected chi connectivity index (χ1v) is 8.12. The van der Waals surface area contributed by atoms with Gasteiger partial charge in [-0.3, -0.25) is 14.2 Å². The number of nitrogens with one attached hydrogen (secondary N) is 1. The minimum atomic E-state index is -0.256. The van der Waals surface area contributed by atoms with Crippen molar-refractivity contribution in [2.75, 3.05) is 0 Å². The maximum Gasteiger partial charge on any atom is 0.272 e. The van der Waals surface area contributed by atoms with Crippen molar-refractivity contribution in [2.45, 2.75) is 13.5 Å². The Morgan fingerprint density at radius 1 is 1.23 bits per heavy atom. The van der Waals surface area contributed by atoms with Crippen LogP contribution in [-0.4, -0.2) is 40.1 Å². The number of nitrogens with zero attached hydrogens (tertiary/aromatic N) is 7. The Morgan fingerprint density at radius 3 is 2.77 bits per heavy atom. The number of aryl methyl sites for hydroxylation is 2. The van der Waals surface area contributed by atoms with Crippen LogP contribution in [0.1, 0.15) is 21.7 Å². The van der Waals surface area contributed by atoms with Crippen LogP contribution >= 0.6 is 0 Å².